The zero-order valence-corrected chi connectivity index (χ0v) is 9.80. The minimum absolute atomic E-state index is 0.201. The summed E-state index contributed by atoms with van der Waals surface area (Å²) in [6.45, 7) is 8.60. The van der Waals surface area contributed by atoms with Gasteiger partial charge < -0.3 is 11.1 Å². The van der Waals surface area contributed by atoms with E-state index in [1.807, 2.05) is 0 Å². The van der Waals surface area contributed by atoms with Gasteiger partial charge in [0.25, 0.3) is 0 Å². The summed E-state index contributed by atoms with van der Waals surface area (Å²) in [5.74, 6) is 0.616. The second-order valence-electron chi connectivity index (χ2n) is 4.76. The summed E-state index contributed by atoms with van der Waals surface area (Å²) in [5, 5.41) is 3.28. The maximum absolute atomic E-state index is 6.31. The SMILES string of the molecule is Cc1cc(C)c(C(N)C2CNC2)c(C)c1. The molecule has 0 radical (unpaired) electrons. The van der Waals surface area contributed by atoms with Gasteiger partial charge in [-0.25, -0.2) is 0 Å². The van der Waals surface area contributed by atoms with E-state index in [1.165, 1.54) is 22.3 Å². The summed E-state index contributed by atoms with van der Waals surface area (Å²) >= 11 is 0. The monoisotopic (exact) mass is 204 g/mol. The summed E-state index contributed by atoms with van der Waals surface area (Å²) in [6, 6.07) is 4.66. The van der Waals surface area contributed by atoms with Crippen molar-refractivity contribution in [1.29, 1.82) is 0 Å². The molecule has 1 heterocycles. The highest BCUT2D eigenvalue weighted by molar-refractivity contribution is 5.40. The standard InChI is InChI=1S/C13H20N2/c1-8-4-9(2)12(10(3)5-8)13(14)11-6-15-7-11/h4-5,11,13,15H,6-7,14H2,1-3H3. The van der Waals surface area contributed by atoms with E-state index >= 15 is 0 Å². The molecule has 3 N–H and O–H groups in total. The second kappa shape index (κ2) is 3.95. The van der Waals surface area contributed by atoms with E-state index in [1.54, 1.807) is 0 Å². The Kier molecular flexibility index (Phi) is 2.81. The molecular formula is C13H20N2. The van der Waals surface area contributed by atoms with Crippen molar-refractivity contribution in [1.82, 2.24) is 5.32 Å². The molecule has 1 saturated heterocycles. The predicted octanol–water partition coefficient (Wildman–Crippen LogP) is 1.83. The van der Waals surface area contributed by atoms with Crippen molar-refractivity contribution in [3.05, 3.63) is 34.4 Å². The van der Waals surface area contributed by atoms with Gasteiger partial charge in [-0.05, 0) is 37.5 Å². The van der Waals surface area contributed by atoms with Crippen LogP contribution in [-0.4, -0.2) is 13.1 Å². The number of nitrogens with one attached hydrogen (secondary N) is 1. The van der Waals surface area contributed by atoms with Gasteiger partial charge in [0.05, 0.1) is 0 Å². The number of rotatable bonds is 2. The average Bonchev–Trinajstić information content (AvgIpc) is 1.97. The normalized spacial score (nSPS) is 18.7. The zero-order valence-electron chi connectivity index (χ0n) is 9.80. The third-order valence-electron chi connectivity index (χ3n) is 3.39. The van der Waals surface area contributed by atoms with Gasteiger partial charge in [-0.2, -0.15) is 0 Å². The Morgan fingerprint density at radius 3 is 2.13 bits per heavy atom. The molecule has 0 saturated carbocycles. The van der Waals surface area contributed by atoms with Gasteiger partial charge in [0, 0.05) is 25.0 Å². The lowest BCUT2D eigenvalue weighted by atomic mass is 9.84. The van der Waals surface area contributed by atoms with Gasteiger partial charge in [-0.15, -0.1) is 0 Å². The Morgan fingerprint density at radius 1 is 1.20 bits per heavy atom. The fourth-order valence-corrected chi connectivity index (χ4v) is 2.52. The maximum Gasteiger partial charge on any atom is 0.0353 e. The molecule has 82 valence electrons. The number of aryl methyl sites for hydroxylation is 3. The highest BCUT2D eigenvalue weighted by Gasteiger charge is 2.27. The Morgan fingerprint density at radius 2 is 1.73 bits per heavy atom. The van der Waals surface area contributed by atoms with Crippen molar-refractivity contribution < 1.29 is 0 Å². The molecule has 2 nitrogen and oxygen atoms in total. The highest BCUT2D eigenvalue weighted by Crippen LogP contribution is 2.28. The summed E-state index contributed by atoms with van der Waals surface area (Å²) in [7, 11) is 0. The van der Waals surface area contributed by atoms with Crippen molar-refractivity contribution in [3.8, 4) is 0 Å². The first kappa shape index (κ1) is 10.7. The first-order valence-electron chi connectivity index (χ1n) is 5.63. The van der Waals surface area contributed by atoms with Gasteiger partial charge >= 0.3 is 0 Å². The lowest BCUT2D eigenvalue weighted by Gasteiger charge is -2.34. The molecule has 2 heteroatoms. The first-order chi connectivity index (χ1) is 7.09. The van der Waals surface area contributed by atoms with E-state index in [9.17, 15) is 0 Å². The Hall–Kier alpha value is -0.860. The predicted molar refractivity (Wildman–Crippen MR) is 63.9 cm³/mol. The molecule has 1 aromatic rings. The molecule has 1 fully saturated rings. The Labute approximate surface area is 91.9 Å². The second-order valence-corrected chi connectivity index (χ2v) is 4.76. The van der Waals surface area contributed by atoms with Gasteiger partial charge in [0.15, 0.2) is 0 Å². The van der Waals surface area contributed by atoms with Gasteiger partial charge in [-0.3, -0.25) is 0 Å². The summed E-state index contributed by atoms with van der Waals surface area (Å²) in [6.07, 6.45) is 0. The van der Waals surface area contributed by atoms with E-state index in [0.29, 0.717) is 5.92 Å². The topological polar surface area (TPSA) is 38.0 Å². The van der Waals surface area contributed by atoms with Crippen LogP contribution in [0.2, 0.25) is 0 Å². The molecular weight excluding hydrogens is 184 g/mol. The third kappa shape index (κ3) is 1.92. The van der Waals surface area contributed by atoms with Crippen LogP contribution in [0, 0.1) is 26.7 Å². The summed E-state index contributed by atoms with van der Waals surface area (Å²) < 4.78 is 0. The Bertz CT molecular complexity index is 344. The number of nitrogens with two attached hydrogens (primary N) is 1. The van der Waals surface area contributed by atoms with Crippen LogP contribution in [0.5, 0.6) is 0 Å². The van der Waals surface area contributed by atoms with Crippen LogP contribution >= 0.6 is 0 Å². The first-order valence-corrected chi connectivity index (χ1v) is 5.63. The lowest BCUT2D eigenvalue weighted by Crippen LogP contribution is -2.47. The average molecular weight is 204 g/mol. The van der Waals surface area contributed by atoms with E-state index in [4.69, 9.17) is 5.73 Å². The van der Waals surface area contributed by atoms with E-state index < -0.39 is 0 Å². The Balaban J connectivity index is 2.33. The molecule has 0 bridgehead atoms. The van der Waals surface area contributed by atoms with Crippen LogP contribution in [0.25, 0.3) is 0 Å². The number of hydrogen-bond donors (Lipinski definition) is 2. The van der Waals surface area contributed by atoms with Crippen molar-refractivity contribution >= 4 is 0 Å². The van der Waals surface area contributed by atoms with Crippen LogP contribution < -0.4 is 11.1 Å². The third-order valence-corrected chi connectivity index (χ3v) is 3.39. The quantitative estimate of drug-likeness (QED) is 0.771. The van der Waals surface area contributed by atoms with Crippen LogP contribution in [0.1, 0.15) is 28.3 Å². The largest absolute Gasteiger partial charge is 0.324 e. The van der Waals surface area contributed by atoms with Crippen LogP contribution in [0.15, 0.2) is 12.1 Å². The molecule has 2 rings (SSSR count). The van der Waals surface area contributed by atoms with E-state index in [-0.39, 0.29) is 6.04 Å². The molecule has 0 spiro atoms. The molecule has 15 heavy (non-hydrogen) atoms. The highest BCUT2D eigenvalue weighted by atomic mass is 15.0. The van der Waals surface area contributed by atoms with E-state index in [2.05, 4.69) is 38.2 Å². The maximum atomic E-state index is 6.31. The number of hydrogen-bond acceptors (Lipinski definition) is 2. The molecule has 1 aliphatic rings. The molecule has 1 aliphatic heterocycles. The van der Waals surface area contributed by atoms with Crippen molar-refractivity contribution in [2.24, 2.45) is 11.7 Å². The summed E-state index contributed by atoms with van der Waals surface area (Å²) in [4.78, 5) is 0. The fraction of sp³-hybridized carbons (Fsp3) is 0.538. The molecule has 1 atom stereocenters. The number of benzene rings is 1. The molecule has 1 unspecified atom stereocenters. The minimum atomic E-state index is 0.201. The van der Waals surface area contributed by atoms with Crippen LogP contribution in [-0.2, 0) is 0 Å². The van der Waals surface area contributed by atoms with Crippen molar-refractivity contribution in [2.75, 3.05) is 13.1 Å². The van der Waals surface area contributed by atoms with Crippen molar-refractivity contribution in [2.45, 2.75) is 26.8 Å². The van der Waals surface area contributed by atoms with Crippen LogP contribution in [0.3, 0.4) is 0 Å². The minimum Gasteiger partial charge on any atom is -0.324 e. The fourth-order valence-electron chi connectivity index (χ4n) is 2.52. The van der Waals surface area contributed by atoms with Crippen LogP contribution in [0.4, 0.5) is 0 Å². The van der Waals surface area contributed by atoms with Crippen molar-refractivity contribution in [3.63, 3.8) is 0 Å². The summed E-state index contributed by atoms with van der Waals surface area (Å²) in [5.41, 5.74) is 11.7. The van der Waals surface area contributed by atoms with E-state index in [0.717, 1.165) is 13.1 Å². The molecule has 0 amide bonds. The molecule has 1 aromatic carbocycles. The lowest BCUT2D eigenvalue weighted by molar-refractivity contribution is 0.293. The molecule has 0 aliphatic carbocycles. The molecule has 0 aromatic heterocycles. The van der Waals surface area contributed by atoms with Gasteiger partial charge in [-0.1, -0.05) is 17.7 Å². The zero-order chi connectivity index (χ0) is 11.0. The smallest absolute Gasteiger partial charge is 0.0353 e. The van der Waals surface area contributed by atoms with Gasteiger partial charge in [0.2, 0.25) is 0 Å². The van der Waals surface area contributed by atoms with Gasteiger partial charge in [0.1, 0.15) is 0 Å².